The van der Waals surface area contributed by atoms with E-state index in [0.29, 0.717) is 12.5 Å². The SMILES string of the molecule is CC(C)C1CN(S(=O)[O-])CC1O. The van der Waals surface area contributed by atoms with Crippen LogP contribution < -0.4 is 0 Å². The van der Waals surface area contributed by atoms with Gasteiger partial charge in [0.1, 0.15) is 0 Å². The molecule has 72 valence electrons. The molecule has 5 heteroatoms. The molecule has 0 aromatic rings. The van der Waals surface area contributed by atoms with Crippen LogP contribution in [0.25, 0.3) is 0 Å². The molecule has 0 amide bonds. The molecule has 0 aromatic heterocycles. The normalized spacial score (nSPS) is 34.4. The maximum atomic E-state index is 10.5. The lowest BCUT2D eigenvalue weighted by molar-refractivity contribution is 0.122. The molecular formula is C7H14NO3S-. The number of nitrogens with zero attached hydrogens (tertiary/aromatic N) is 1. The number of rotatable bonds is 2. The van der Waals surface area contributed by atoms with Crippen molar-refractivity contribution in [3.63, 3.8) is 0 Å². The van der Waals surface area contributed by atoms with Crippen molar-refractivity contribution in [1.82, 2.24) is 4.31 Å². The lowest BCUT2D eigenvalue weighted by atomic mass is 9.93. The third kappa shape index (κ3) is 2.04. The maximum Gasteiger partial charge on any atom is 0.0720 e. The Labute approximate surface area is 75.0 Å². The Kier molecular flexibility index (Phi) is 3.22. The van der Waals surface area contributed by atoms with Crippen molar-refractivity contribution in [3.05, 3.63) is 0 Å². The first-order valence-electron chi connectivity index (χ1n) is 4.04. The summed E-state index contributed by atoms with van der Waals surface area (Å²) in [5.74, 6) is 0.413. The van der Waals surface area contributed by atoms with Gasteiger partial charge in [0.2, 0.25) is 0 Å². The molecule has 12 heavy (non-hydrogen) atoms. The molecule has 0 aliphatic carbocycles. The monoisotopic (exact) mass is 192 g/mol. The molecule has 1 aliphatic rings. The van der Waals surface area contributed by atoms with Gasteiger partial charge in [-0.05, 0) is 5.92 Å². The zero-order chi connectivity index (χ0) is 9.30. The fourth-order valence-electron chi connectivity index (χ4n) is 1.55. The van der Waals surface area contributed by atoms with Gasteiger partial charge in [0.15, 0.2) is 0 Å². The molecule has 1 rings (SSSR count). The third-order valence-electron chi connectivity index (χ3n) is 2.37. The first-order valence-corrected chi connectivity index (χ1v) is 5.08. The van der Waals surface area contributed by atoms with Crippen LogP contribution in [0.5, 0.6) is 0 Å². The molecule has 0 spiro atoms. The summed E-state index contributed by atoms with van der Waals surface area (Å²) in [5.41, 5.74) is 0. The summed E-state index contributed by atoms with van der Waals surface area (Å²) in [6, 6.07) is 0. The van der Waals surface area contributed by atoms with Crippen molar-refractivity contribution >= 4 is 11.3 Å². The number of hydrogen-bond donors (Lipinski definition) is 1. The van der Waals surface area contributed by atoms with Crippen LogP contribution >= 0.6 is 0 Å². The largest absolute Gasteiger partial charge is 0.760 e. The lowest BCUT2D eigenvalue weighted by Crippen LogP contribution is -2.23. The van der Waals surface area contributed by atoms with Crippen molar-refractivity contribution in [1.29, 1.82) is 0 Å². The van der Waals surface area contributed by atoms with Crippen molar-refractivity contribution < 1.29 is 13.9 Å². The number of hydrogen-bond acceptors (Lipinski definition) is 3. The van der Waals surface area contributed by atoms with Crippen molar-refractivity contribution in [2.24, 2.45) is 11.8 Å². The van der Waals surface area contributed by atoms with Gasteiger partial charge in [0.25, 0.3) is 0 Å². The molecule has 1 saturated heterocycles. The predicted octanol–water partition coefficient (Wildman–Crippen LogP) is -0.271. The van der Waals surface area contributed by atoms with E-state index in [9.17, 15) is 13.9 Å². The van der Waals surface area contributed by atoms with E-state index < -0.39 is 17.4 Å². The van der Waals surface area contributed by atoms with Crippen LogP contribution in [0.15, 0.2) is 0 Å². The molecule has 1 aliphatic heterocycles. The van der Waals surface area contributed by atoms with E-state index in [1.54, 1.807) is 0 Å². The van der Waals surface area contributed by atoms with Gasteiger partial charge in [-0.1, -0.05) is 13.8 Å². The molecule has 1 fully saturated rings. The Morgan fingerprint density at radius 2 is 2.17 bits per heavy atom. The standard InChI is InChI=1S/C7H15NO3S/c1-5(2)6-3-8(12(10)11)4-7(6)9/h5-7,9H,3-4H2,1-2H3,(H,10,11)/p-1. The first kappa shape index (κ1) is 10.1. The fourth-order valence-corrected chi connectivity index (χ4v) is 2.12. The van der Waals surface area contributed by atoms with Gasteiger partial charge in [-0.25, -0.2) is 4.31 Å². The second-order valence-corrected chi connectivity index (χ2v) is 4.49. The Hall–Kier alpha value is 0.0300. The molecular weight excluding hydrogens is 178 g/mol. The number of aliphatic hydroxyl groups is 1. The molecule has 1 N–H and O–H groups in total. The van der Waals surface area contributed by atoms with Crippen LogP contribution in [-0.2, 0) is 11.3 Å². The van der Waals surface area contributed by atoms with Crippen LogP contribution in [0.1, 0.15) is 13.8 Å². The zero-order valence-electron chi connectivity index (χ0n) is 7.27. The highest BCUT2D eigenvalue weighted by atomic mass is 32.2. The average molecular weight is 192 g/mol. The molecule has 0 saturated carbocycles. The van der Waals surface area contributed by atoms with Gasteiger partial charge >= 0.3 is 0 Å². The van der Waals surface area contributed by atoms with Crippen LogP contribution in [0.3, 0.4) is 0 Å². The van der Waals surface area contributed by atoms with E-state index >= 15 is 0 Å². The van der Waals surface area contributed by atoms with E-state index in [-0.39, 0.29) is 12.5 Å². The first-order chi connectivity index (χ1) is 5.52. The predicted molar refractivity (Wildman–Crippen MR) is 44.8 cm³/mol. The zero-order valence-corrected chi connectivity index (χ0v) is 8.08. The quantitative estimate of drug-likeness (QED) is 0.612. The van der Waals surface area contributed by atoms with E-state index in [1.807, 2.05) is 13.8 Å². The highest BCUT2D eigenvalue weighted by molar-refractivity contribution is 7.76. The van der Waals surface area contributed by atoms with Crippen molar-refractivity contribution in [2.75, 3.05) is 13.1 Å². The Bertz CT molecular complexity index is 185. The summed E-state index contributed by atoms with van der Waals surface area (Å²) < 4.78 is 22.3. The molecule has 3 atom stereocenters. The minimum absolute atomic E-state index is 0.0860. The Morgan fingerprint density at radius 1 is 1.58 bits per heavy atom. The summed E-state index contributed by atoms with van der Waals surface area (Å²) >= 11 is -2.18. The topological polar surface area (TPSA) is 63.6 Å². The van der Waals surface area contributed by atoms with E-state index in [4.69, 9.17) is 0 Å². The van der Waals surface area contributed by atoms with Crippen LogP contribution in [0.2, 0.25) is 0 Å². The summed E-state index contributed by atoms with van der Waals surface area (Å²) in [7, 11) is 0. The average Bonchev–Trinajstić information content (AvgIpc) is 2.30. The van der Waals surface area contributed by atoms with Crippen molar-refractivity contribution in [3.8, 4) is 0 Å². The van der Waals surface area contributed by atoms with Gasteiger partial charge in [0, 0.05) is 30.3 Å². The summed E-state index contributed by atoms with van der Waals surface area (Å²) in [6.07, 6.45) is -0.497. The van der Waals surface area contributed by atoms with Crippen LogP contribution in [-0.4, -0.2) is 37.4 Å². The molecule has 0 radical (unpaired) electrons. The van der Waals surface area contributed by atoms with Gasteiger partial charge < -0.3 is 9.66 Å². The smallest absolute Gasteiger partial charge is 0.0720 e. The molecule has 4 nitrogen and oxygen atoms in total. The summed E-state index contributed by atoms with van der Waals surface area (Å²) in [6.45, 7) is 4.68. The van der Waals surface area contributed by atoms with Gasteiger partial charge in [-0.2, -0.15) is 0 Å². The third-order valence-corrected chi connectivity index (χ3v) is 3.09. The van der Waals surface area contributed by atoms with Crippen LogP contribution in [0, 0.1) is 11.8 Å². The second kappa shape index (κ2) is 3.83. The minimum Gasteiger partial charge on any atom is -0.760 e. The number of aliphatic hydroxyl groups excluding tert-OH is 1. The van der Waals surface area contributed by atoms with E-state index in [1.165, 1.54) is 4.31 Å². The van der Waals surface area contributed by atoms with Crippen molar-refractivity contribution in [2.45, 2.75) is 20.0 Å². The van der Waals surface area contributed by atoms with Crippen LogP contribution in [0.4, 0.5) is 0 Å². The Balaban J connectivity index is 2.56. The second-order valence-electron chi connectivity index (χ2n) is 3.54. The highest BCUT2D eigenvalue weighted by Gasteiger charge is 2.33. The summed E-state index contributed by atoms with van der Waals surface area (Å²) in [5, 5.41) is 9.46. The molecule has 3 unspecified atom stereocenters. The van der Waals surface area contributed by atoms with Gasteiger partial charge in [-0.15, -0.1) is 0 Å². The highest BCUT2D eigenvalue weighted by Crippen LogP contribution is 2.24. The van der Waals surface area contributed by atoms with Gasteiger partial charge in [0.05, 0.1) is 6.10 Å². The molecule has 1 heterocycles. The van der Waals surface area contributed by atoms with E-state index in [0.717, 1.165) is 0 Å². The lowest BCUT2D eigenvalue weighted by Gasteiger charge is -2.19. The fraction of sp³-hybridized carbons (Fsp3) is 1.00. The molecule has 0 bridgehead atoms. The summed E-state index contributed by atoms with van der Waals surface area (Å²) in [4.78, 5) is 0. The number of β-amino-alcohol motifs (C(OH)–C–C–N with tert-alkyl or cyclic N) is 1. The molecule has 0 aromatic carbocycles. The van der Waals surface area contributed by atoms with Gasteiger partial charge in [-0.3, -0.25) is 4.21 Å². The maximum absolute atomic E-state index is 10.5. The Morgan fingerprint density at radius 3 is 2.42 bits per heavy atom. The van der Waals surface area contributed by atoms with E-state index in [2.05, 4.69) is 0 Å². The minimum atomic E-state index is -2.18.